The first-order chi connectivity index (χ1) is 7.16. The Morgan fingerprint density at radius 2 is 2.00 bits per heavy atom. The number of hydrogen-bond acceptors (Lipinski definition) is 2. The predicted octanol–water partition coefficient (Wildman–Crippen LogP) is 1.71. The Morgan fingerprint density at radius 3 is 2.60 bits per heavy atom. The van der Waals surface area contributed by atoms with Crippen LogP contribution >= 0.6 is 0 Å². The molecule has 2 N–H and O–H groups in total. The first-order valence-electron chi connectivity index (χ1n) is 5.26. The highest BCUT2D eigenvalue weighted by molar-refractivity contribution is 5.76. The van der Waals surface area contributed by atoms with Crippen molar-refractivity contribution in [3.8, 4) is 0 Å². The molecule has 0 aliphatic rings. The van der Waals surface area contributed by atoms with E-state index in [1.807, 2.05) is 13.0 Å². The molecule has 0 aromatic rings. The molecule has 15 heavy (non-hydrogen) atoms. The van der Waals surface area contributed by atoms with Crippen LogP contribution in [0.25, 0.3) is 0 Å². The zero-order valence-corrected chi connectivity index (χ0v) is 9.16. The van der Waals surface area contributed by atoms with Crippen LogP contribution < -0.4 is 5.32 Å². The van der Waals surface area contributed by atoms with Gasteiger partial charge in [0.2, 0.25) is 5.91 Å². The molecule has 4 nitrogen and oxygen atoms in total. The molecule has 0 atom stereocenters. The van der Waals surface area contributed by atoms with Gasteiger partial charge in [0, 0.05) is 13.0 Å². The highest BCUT2D eigenvalue weighted by Gasteiger charge is 2.01. The minimum absolute atomic E-state index is 0.00961. The molecule has 4 heteroatoms. The van der Waals surface area contributed by atoms with E-state index in [4.69, 9.17) is 5.11 Å². The molecule has 0 spiro atoms. The third-order valence-electron chi connectivity index (χ3n) is 1.92. The van der Waals surface area contributed by atoms with Crippen molar-refractivity contribution in [2.24, 2.45) is 0 Å². The summed E-state index contributed by atoms with van der Waals surface area (Å²) in [6.07, 6.45) is 7.38. The monoisotopic (exact) mass is 213 g/mol. The molecule has 0 radical (unpaired) electrons. The fraction of sp³-hybridized carbons (Fsp3) is 0.636. The second kappa shape index (κ2) is 9.24. The highest BCUT2D eigenvalue weighted by Crippen LogP contribution is 2.00. The van der Waals surface area contributed by atoms with Crippen LogP contribution in [-0.4, -0.2) is 23.5 Å². The van der Waals surface area contributed by atoms with E-state index in [0.29, 0.717) is 6.42 Å². The Bertz CT molecular complexity index is 224. The van der Waals surface area contributed by atoms with E-state index in [1.165, 1.54) is 0 Å². The minimum atomic E-state index is -0.886. The van der Waals surface area contributed by atoms with E-state index in [9.17, 15) is 9.59 Å². The summed E-state index contributed by atoms with van der Waals surface area (Å²) in [6.45, 7) is 2.20. The summed E-state index contributed by atoms with van der Waals surface area (Å²) in [4.78, 5) is 21.3. The van der Waals surface area contributed by atoms with Gasteiger partial charge in [-0.15, -0.1) is 0 Å². The first kappa shape index (κ1) is 13.7. The van der Waals surface area contributed by atoms with Crippen molar-refractivity contribution in [3.63, 3.8) is 0 Å². The molecule has 0 aromatic heterocycles. The van der Waals surface area contributed by atoms with Crippen LogP contribution in [0.2, 0.25) is 0 Å². The quantitative estimate of drug-likeness (QED) is 0.476. The van der Waals surface area contributed by atoms with Gasteiger partial charge in [-0.2, -0.15) is 0 Å². The normalized spacial score (nSPS) is 10.5. The van der Waals surface area contributed by atoms with E-state index in [0.717, 1.165) is 19.3 Å². The number of rotatable bonds is 8. The van der Waals surface area contributed by atoms with Gasteiger partial charge in [0.15, 0.2) is 0 Å². The number of nitrogens with one attached hydrogen (secondary N) is 1. The number of carboxylic acids is 1. The molecule has 0 unspecified atom stereocenters. The van der Waals surface area contributed by atoms with Gasteiger partial charge in [0.05, 0.1) is 6.42 Å². The van der Waals surface area contributed by atoms with Gasteiger partial charge in [-0.1, -0.05) is 12.2 Å². The maximum atomic E-state index is 11.1. The summed E-state index contributed by atoms with van der Waals surface area (Å²) in [5, 5.41) is 10.9. The van der Waals surface area contributed by atoms with Crippen LogP contribution in [0.1, 0.15) is 39.0 Å². The average molecular weight is 213 g/mol. The summed E-state index contributed by atoms with van der Waals surface area (Å²) in [7, 11) is 0. The molecular formula is C11H19NO3. The van der Waals surface area contributed by atoms with Crippen LogP contribution in [0, 0.1) is 0 Å². The molecule has 0 bridgehead atoms. The lowest BCUT2D eigenvalue weighted by molar-refractivity contribution is -0.136. The Kier molecular flexibility index (Phi) is 8.43. The number of allylic oxidation sites excluding steroid dienone is 2. The van der Waals surface area contributed by atoms with Gasteiger partial charge in [0.25, 0.3) is 0 Å². The molecule has 86 valence electrons. The Hall–Kier alpha value is -1.32. The third-order valence-corrected chi connectivity index (χ3v) is 1.92. The summed E-state index contributed by atoms with van der Waals surface area (Å²) in [5.74, 6) is -0.944. The maximum Gasteiger partial charge on any atom is 0.305 e. The van der Waals surface area contributed by atoms with E-state index >= 15 is 0 Å². The fourth-order valence-corrected chi connectivity index (χ4v) is 1.11. The number of carbonyl (C=O) groups is 2. The number of carboxylic acid groups (broad SMARTS) is 1. The summed E-state index contributed by atoms with van der Waals surface area (Å²) in [6, 6.07) is 0. The summed E-state index contributed by atoms with van der Waals surface area (Å²) >= 11 is 0. The van der Waals surface area contributed by atoms with Crippen LogP contribution in [0.3, 0.4) is 0 Å². The van der Waals surface area contributed by atoms with Crippen LogP contribution in [0.15, 0.2) is 12.2 Å². The van der Waals surface area contributed by atoms with Crippen LogP contribution in [-0.2, 0) is 9.59 Å². The average Bonchev–Trinajstić information content (AvgIpc) is 2.17. The predicted molar refractivity (Wildman–Crippen MR) is 58.5 cm³/mol. The van der Waals surface area contributed by atoms with Gasteiger partial charge >= 0.3 is 5.97 Å². The van der Waals surface area contributed by atoms with Crippen molar-refractivity contribution < 1.29 is 14.7 Å². The third kappa shape index (κ3) is 10.6. The number of unbranched alkanes of at least 4 members (excludes halogenated alkanes) is 2. The molecule has 0 aromatic carbocycles. The molecule has 0 fully saturated rings. The molecular weight excluding hydrogens is 194 g/mol. The van der Waals surface area contributed by atoms with E-state index in [-0.39, 0.29) is 18.9 Å². The Balaban J connectivity index is 3.29. The van der Waals surface area contributed by atoms with E-state index in [2.05, 4.69) is 11.4 Å². The van der Waals surface area contributed by atoms with Crippen molar-refractivity contribution in [2.45, 2.75) is 39.0 Å². The van der Waals surface area contributed by atoms with Crippen molar-refractivity contribution in [1.29, 1.82) is 0 Å². The Morgan fingerprint density at radius 1 is 1.27 bits per heavy atom. The van der Waals surface area contributed by atoms with Crippen molar-refractivity contribution in [2.75, 3.05) is 6.54 Å². The molecule has 0 saturated carbocycles. The topological polar surface area (TPSA) is 66.4 Å². The van der Waals surface area contributed by atoms with Crippen molar-refractivity contribution in [3.05, 3.63) is 12.2 Å². The molecule has 0 heterocycles. The van der Waals surface area contributed by atoms with Crippen LogP contribution in [0.5, 0.6) is 0 Å². The second-order valence-corrected chi connectivity index (χ2v) is 3.31. The number of aliphatic carboxylic acids is 1. The molecule has 0 rings (SSSR count). The highest BCUT2D eigenvalue weighted by atomic mass is 16.4. The van der Waals surface area contributed by atoms with Gasteiger partial charge in [-0.05, 0) is 26.2 Å². The van der Waals surface area contributed by atoms with Crippen molar-refractivity contribution in [1.82, 2.24) is 5.32 Å². The fourth-order valence-electron chi connectivity index (χ4n) is 1.11. The first-order valence-corrected chi connectivity index (χ1v) is 5.26. The summed E-state index contributed by atoms with van der Waals surface area (Å²) in [5.41, 5.74) is 0. The zero-order chi connectivity index (χ0) is 11.5. The molecule has 0 saturated heterocycles. The number of hydrogen-bond donors (Lipinski definition) is 2. The van der Waals surface area contributed by atoms with Gasteiger partial charge in [0.1, 0.15) is 0 Å². The van der Waals surface area contributed by atoms with Gasteiger partial charge in [-0.3, -0.25) is 9.59 Å². The van der Waals surface area contributed by atoms with E-state index in [1.54, 1.807) is 0 Å². The smallest absolute Gasteiger partial charge is 0.305 e. The molecule has 1 amide bonds. The lowest BCUT2D eigenvalue weighted by Gasteiger charge is -2.02. The Labute approximate surface area is 90.4 Å². The number of carbonyl (C=O) groups excluding carboxylic acids is 1. The lowest BCUT2D eigenvalue weighted by Crippen LogP contribution is -2.25. The molecule has 0 aliphatic carbocycles. The number of amides is 1. The van der Waals surface area contributed by atoms with E-state index < -0.39 is 5.97 Å². The standard InChI is InChI=1S/C11H19NO3/c1-2-3-4-5-6-7-10(13)12-9-8-11(14)15/h2-3H,4-9H2,1H3,(H,12,13)(H,14,15)/b3-2+. The maximum absolute atomic E-state index is 11.1. The zero-order valence-electron chi connectivity index (χ0n) is 9.16. The lowest BCUT2D eigenvalue weighted by atomic mass is 10.2. The minimum Gasteiger partial charge on any atom is -0.481 e. The van der Waals surface area contributed by atoms with Crippen molar-refractivity contribution >= 4 is 11.9 Å². The summed E-state index contributed by atoms with van der Waals surface area (Å²) < 4.78 is 0. The second-order valence-electron chi connectivity index (χ2n) is 3.31. The van der Waals surface area contributed by atoms with Crippen LogP contribution in [0.4, 0.5) is 0 Å². The largest absolute Gasteiger partial charge is 0.481 e. The molecule has 0 aliphatic heterocycles. The van der Waals surface area contributed by atoms with Gasteiger partial charge < -0.3 is 10.4 Å². The van der Waals surface area contributed by atoms with Gasteiger partial charge in [-0.25, -0.2) is 0 Å². The SMILES string of the molecule is C/C=C/CCCCC(=O)NCCC(=O)O.